The van der Waals surface area contributed by atoms with Crippen LogP contribution in [0.3, 0.4) is 0 Å². The van der Waals surface area contributed by atoms with Gasteiger partial charge in [0.05, 0.1) is 18.3 Å². The largest absolute Gasteiger partial charge is 0.503 e. The normalized spacial score (nSPS) is 15.4. The number of ether oxygens (including phenoxy) is 1. The van der Waals surface area contributed by atoms with E-state index in [2.05, 4.69) is 33.1 Å². The molecule has 0 spiro atoms. The van der Waals surface area contributed by atoms with Gasteiger partial charge < -0.3 is 19.7 Å². The van der Waals surface area contributed by atoms with E-state index in [1.165, 1.54) is 10.9 Å². The molecule has 0 bridgehead atoms. The first kappa shape index (κ1) is 28.3. The average molecular weight is 538 g/mol. The molecule has 1 saturated carbocycles. The highest BCUT2D eigenvalue weighted by molar-refractivity contribution is 5.92. The minimum Gasteiger partial charge on any atom is -0.503 e. The molecule has 10 heteroatoms. The zero-order valence-electron chi connectivity index (χ0n) is 23.7. The van der Waals surface area contributed by atoms with Crippen LogP contribution in [0.1, 0.15) is 89.2 Å². The van der Waals surface area contributed by atoms with Crippen LogP contribution in [0.2, 0.25) is 0 Å². The first-order valence-corrected chi connectivity index (χ1v) is 13.5. The van der Waals surface area contributed by atoms with E-state index in [0.29, 0.717) is 13.0 Å². The summed E-state index contributed by atoms with van der Waals surface area (Å²) >= 11 is 0. The van der Waals surface area contributed by atoms with Gasteiger partial charge in [-0.2, -0.15) is 5.10 Å². The topological polar surface area (TPSA) is 128 Å². The van der Waals surface area contributed by atoms with E-state index in [-0.39, 0.29) is 23.6 Å². The molecule has 0 aromatic carbocycles. The third-order valence-corrected chi connectivity index (χ3v) is 7.25. The van der Waals surface area contributed by atoms with E-state index in [1.54, 1.807) is 40.8 Å². The highest BCUT2D eigenvalue weighted by Gasteiger charge is 2.38. The van der Waals surface area contributed by atoms with Crippen molar-refractivity contribution < 1.29 is 19.4 Å². The minimum atomic E-state index is -0.837. The summed E-state index contributed by atoms with van der Waals surface area (Å²) in [5, 5.41) is 18.7. The SMILES string of the molecule is Cc1cn(C2(Cn3cc(O)c(=O)c(C(=O)NC(C)(C)CCC(=O)OC(C)(C)C)n3)CCCC2)c2ncccc12. The third-order valence-electron chi connectivity index (χ3n) is 7.25. The number of nitrogens with zero attached hydrogens (tertiary/aromatic N) is 4. The molecule has 0 saturated heterocycles. The Morgan fingerprint density at radius 3 is 2.51 bits per heavy atom. The van der Waals surface area contributed by atoms with E-state index in [4.69, 9.17) is 4.74 Å². The maximum absolute atomic E-state index is 13.2. The molecule has 3 heterocycles. The highest BCUT2D eigenvalue weighted by Crippen LogP contribution is 2.40. The van der Waals surface area contributed by atoms with Gasteiger partial charge in [0.2, 0.25) is 0 Å². The molecule has 1 fully saturated rings. The standard InChI is InChI=1S/C29H39N5O5/c1-19-16-34(25-20(19)10-9-15-30-25)29(12-7-8-13-29)18-33-17-21(35)24(37)23(32-33)26(38)31-28(5,6)14-11-22(36)39-27(2,3)4/h9-10,15-17,35H,7-8,11-14,18H2,1-6H3,(H,31,38). The molecule has 10 nitrogen and oxygen atoms in total. The van der Waals surface area contributed by atoms with E-state index in [9.17, 15) is 19.5 Å². The van der Waals surface area contributed by atoms with Crippen LogP contribution < -0.4 is 10.7 Å². The lowest BCUT2D eigenvalue weighted by Gasteiger charge is -2.32. The number of amides is 1. The van der Waals surface area contributed by atoms with E-state index >= 15 is 0 Å². The Bertz CT molecular complexity index is 1440. The maximum atomic E-state index is 13.2. The van der Waals surface area contributed by atoms with Crippen molar-refractivity contribution in [2.45, 2.75) is 103 Å². The van der Waals surface area contributed by atoms with Crippen LogP contribution in [-0.4, -0.2) is 47.5 Å². The lowest BCUT2D eigenvalue weighted by Crippen LogP contribution is -2.46. The molecule has 210 valence electrons. The summed E-state index contributed by atoms with van der Waals surface area (Å²) in [6.45, 7) is 11.3. The monoisotopic (exact) mass is 537 g/mol. The van der Waals surface area contributed by atoms with Crippen molar-refractivity contribution in [2.24, 2.45) is 0 Å². The Morgan fingerprint density at radius 2 is 1.85 bits per heavy atom. The van der Waals surface area contributed by atoms with Gasteiger partial charge in [0.15, 0.2) is 11.4 Å². The number of aromatic hydroxyl groups is 1. The van der Waals surface area contributed by atoms with Gasteiger partial charge in [-0.25, -0.2) is 4.98 Å². The molecule has 0 aliphatic heterocycles. The molecule has 1 aliphatic rings. The van der Waals surface area contributed by atoms with Gasteiger partial charge >= 0.3 is 5.97 Å². The van der Waals surface area contributed by atoms with E-state index in [0.717, 1.165) is 42.3 Å². The Hall–Kier alpha value is -3.69. The summed E-state index contributed by atoms with van der Waals surface area (Å²) in [6.07, 6.45) is 9.37. The van der Waals surface area contributed by atoms with Crippen LogP contribution in [0.5, 0.6) is 5.75 Å². The predicted octanol–water partition coefficient (Wildman–Crippen LogP) is 4.21. The van der Waals surface area contributed by atoms with Crippen molar-refractivity contribution in [2.75, 3.05) is 0 Å². The Kier molecular flexibility index (Phi) is 7.60. The van der Waals surface area contributed by atoms with Gasteiger partial charge in [-0.3, -0.25) is 19.1 Å². The summed E-state index contributed by atoms with van der Waals surface area (Å²) < 4.78 is 9.04. The molecule has 1 amide bonds. The summed E-state index contributed by atoms with van der Waals surface area (Å²) in [6, 6.07) is 3.97. The summed E-state index contributed by atoms with van der Waals surface area (Å²) in [7, 11) is 0. The fourth-order valence-electron chi connectivity index (χ4n) is 5.38. The van der Waals surface area contributed by atoms with Gasteiger partial charge in [0.25, 0.3) is 11.3 Å². The van der Waals surface area contributed by atoms with Crippen molar-refractivity contribution in [3.63, 3.8) is 0 Å². The van der Waals surface area contributed by atoms with Crippen LogP contribution in [0.15, 0.2) is 35.5 Å². The van der Waals surface area contributed by atoms with Crippen molar-refractivity contribution in [1.82, 2.24) is 24.6 Å². The number of nitrogens with one attached hydrogen (secondary N) is 1. The summed E-state index contributed by atoms with van der Waals surface area (Å²) in [5.41, 5.74) is -1.01. The second-order valence-electron chi connectivity index (χ2n) is 12.3. The van der Waals surface area contributed by atoms with Crippen molar-refractivity contribution >= 4 is 22.9 Å². The molecule has 2 N–H and O–H groups in total. The molecular weight excluding hydrogens is 498 g/mol. The second-order valence-corrected chi connectivity index (χ2v) is 12.3. The highest BCUT2D eigenvalue weighted by atomic mass is 16.6. The van der Waals surface area contributed by atoms with Crippen LogP contribution in [0, 0.1) is 6.92 Å². The van der Waals surface area contributed by atoms with E-state index in [1.807, 2.05) is 12.1 Å². The maximum Gasteiger partial charge on any atom is 0.306 e. The van der Waals surface area contributed by atoms with Crippen molar-refractivity contribution in [3.05, 3.63) is 52.2 Å². The summed E-state index contributed by atoms with van der Waals surface area (Å²) in [4.78, 5) is 42.8. The molecule has 39 heavy (non-hydrogen) atoms. The number of hydrogen-bond donors (Lipinski definition) is 2. The number of fused-ring (bicyclic) bond motifs is 1. The lowest BCUT2D eigenvalue weighted by atomic mass is 9.97. The van der Waals surface area contributed by atoms with Crippen LogP contribution in [-0.2, 0) is 21.6 Å². The molecule has 3 aromatic rings. The Morgan fingerprint density at radius 1 is 1.15 bits per heavy atom. The van der Waals surface area contributed by atoms with Gasteiger partial charge in [-0.05, 0) is 78.5 Å². The first-order chi connectivity index (χ1) is 18.2. The van der Waals surface area contributed by atoms with Gasteiger partial charge in [0, 0.05) is 29.7 Å². The number of esters is 1. The fraction of sp³-hybridized carbons (Fsp3) is 0.552. The fourth-order valence-corrected chi connectivity index (χ4v) is 5.38. The number of carbonyl (C=O) groups is 2. The van der Waals surface area contributed by atoms with Crippen molar-refractivity contribution in [1.29, 1.82) is 0 Å². The average Bonchev–Trinajstić information content (AvgIpc) is 3.44. The quantitative estimate of drug-likeness (QED) is 0.412. The zero-order valence-corrected chi connectivity index (χ0v) is 23.7. The van der Waals surface area contributed by atoms with Crippen LogP contribution in [0.4, 0.5) is 0 Å². The molecule has 0 radical (unpaired) electrons. The second kappa shape index (κ2) is 10.5. The molecular formula is C29H39N5O5. The Labute approximate surface area is 228 Å². The summed E-state index contributed by atoms with van der Waals surface area (Å²) in [5.74, 6) is -1.61. The Balaban J connectivity index is 1.58. The molecule has 1 aliphatic carbocycles. The van der Waals surface area contributed by atoms with Gasteiger partial charge in [-0.15, -0.1) is 0 Å². The van der Waals surface area contributed by atoms with Crippen molar-refractivity contribution in [3.8, 4) is 5.75 Å². The molecule has 3 aromatic heterocycles. The predicted molar refractivity (Wildman–Crippen MR) is 148 cm³/mol. The first-order valence-electron chi connectivity index (χ1n) is 13.5. The number of aromatic nitrogens is 4. The number of rotatable bonds is 8. The van der Waals surface area contributed by atoms with Crippen LogP contribution in [0.25, 0.3) is 11.0 Å². The van der Waals surface area contributed by atoms with Crippen LogP contribution >= 0.6 is 0 Å². The molecule has 0 atom stereocenters. The number of carbonyl (C=O) groups excluding carboxylic acids is 2. The number of hydrogen-bond acceptors (Lipinski definition) is 7. The molecule has 4 rings (SSSR count). The zero-order chi connectivity index (χ0) is 28.6. The third kappa shape index (κ3) is 6.32. The lowest BCUT2D eigenvalue weighted by molar-refractivity contribution is -0.155. The number of pyridine rings is 1. The molecule has 0 unspecified atom stereocenters. The smallest absolute Gasteiger partial charge is 0.306 e. The van der Waals surface area contributed by atoms with Gasteiger partial charge in [0.1, 0.15) is 11.2 Å². The van der Waals surface area contributed by atoms with Gasteiger partial charge in [-0.1, -0.05) is 12.8 Å². The number of aryl methyl sites for hydroxylation is 1. The van der Waals surface area contributed by atoms with E-state index < -0.39 is 28.2 Å². The minimum absolute atomic E-state index is 0.100.